The van der Waals surface area contributed by atoms with Gasteiger partial charge in [-0.05, 0) is 12.1 Å². The predicted octanol–water partition coefficient (Wildman–Crippen LogP) is 3.25. The molecule has 0 radical (unpaired) electrons. The normalized spacial score (nSPS) is 18.7. The van der Waals surface area contributed by atoms with E-state index in [9.17, 15) is 18.0 Å². The van der Waals surface area contributed by atoms with E-state index in [0.29, 0.717) is 0 Å². The van der Waals surface area contributed by atoms with Gasteiger partial charge in [-0.1, -0.05) is 6.92 Å². The lowest BCUT2D eigenvalue weighted by atomic mass is 9.91. The van der Waals surface area contributed by atoms with Crippen LogP contribution in [0.15, 0.2) is 17.1 Å². The number of aliphatic imine (C=N–C) groups is 1. The molecule has 1 atom stereocenters. The first kappa shape index (κ1) is 12.6. The smallest absolute Gasteiger partial charge is 0.417 e. The molecule has 0 aliphatic carbocycles. The van der Waals surface area contributed by atoms with E-state index in [1.807, 2.05) is 0 Å². The number of alkyl halides is 3. The number of halogens is 3. The molecule has 1 aliphatic heterocycles. The van der Waals surface area contributed by atoms with Crippen molar-refractivity contribution in [2.24, 2.45) is 10.9 Å². The molecule has 0 spiro atoms. The molecular formula is C12H10F3NO2. The summed E-state index contributed by atoms with van der Waals surface area (Å²) in [5.74, 6) is -1.09. The van der Waals surface area contributed by atoms with Crippen LogP contribution >= 0.6 is 0 Å². The van der Waals surface area contributed by atoms with Gasteiger partial charge < -0.3 is 4.74 Å². The molecular weight excluding hydrogens is 247 g/mol. The Kier molecular flexibility index (Phi) is 2.88. The minimum absolute atomic E-state index is 0.0459. The zero-order valence-corrected chi connectivity index (χ0v) is 9.71. The summed E-state index contributed by atoms with van der Waals surface area (Å²) in [6, 6.07) is 2.02. The number of carbonyl (C=O) groups is 1. The van der Waals surface area contributed by atoms with Gasteiger partial charge in [0.1, 0.15) is 11.4 Å². The standard InChI is InChI=1S/C12H10F3NO2/c1-6-5-16-10-8(18-2)4-3-7(12(13,14)15)9(10)11(6)17/h3-6H,1-2H3. The molecule has 1 aromatic rings. The van der Waals surface area contributed by atoms with Crippen molar-refractivity contribution in [3.8, 4) is 5.75 Å². The maximum Gasteiger partial charge on any atom is 0.417 e. The van der Waals surface area contributed by atoms with Gasteiger partial charge in [0.25, 0.3) is 0 Å². The first-order valence-corrected chi connectivity index (χ1v) is 5.23. The Morgan fingerprint density at radius 1 is 1.33 bits per heavy atom. The number of ether oxygens (including phenoxy) is 1. The Hall–Kier alpha value is -1.85. The van der Waals surface area contributed by atoms with Gasteiger partial charge in [0.05, 0.1) is 24.2 Å². The second kappa shape index (κ2) is 4.12. The van der Waals surface area contributed by atoms with Crippen molar-refractivity contribution in [3.05, 3.63) is 23.3 Å². The number of benzene rings is 1. The summed E-state index contributed by atoms with van der Waals surface area (Å²) in [7, 11) is 1.32. The molecule has 18 heavy (non-hydrogen) atoms. The summed E-state index contributed by atoms with van der Waals surface area (Å²) in [5.41, 5.74) is -1.42. The van der Waals surface area contributed by atoms with E-state index in [1.54, 1.807) is 0 Å². The fourth-order valence-electron chi connectivity index (χ4n) is 1.83. The molecule has 1 heterocycles. The second-order valence-electron chi connectivity index (χ2n) is 3.97. The highest BCUT2D eigenvalue weighted by Crippen LogP contribution is 2.43. The highest BCUT2D eigenvalue weighted by atomic mass is 19.4. The van der Waals surface area contributed by atoms with Gasteiger partial charge in [0, 0.05) is 6.21 Å². The van der Waals surface area contributed by atoms with Crippen LogP contribution in [-0.4, -0.2) is 19.1 Å². The summed E-state index contributed by atoms with van der Waals surface area (Å²) in [6.45, 7) is 1.51. The number of carbonyl (C=O) groups excluding carboxylic acids is 1. The van der Waals surface area contributed by atoms with Gasteiger partial charge in [-0.3, -0.25) is 9.79 Å². The molecule has 0 aromatic heterocycles. The average Bonchev–Trinajstić information content (AvgIpc) is 2.31. The van der Waals surface area contributed by atoms with Crippen molar-refractivity contribution in [2.75, 3.05) is 7.11 Å². The summed E-state index contributed by atoms with van der Waals surface area (Å²) < 4.78 is 43.5. The molecule has 3 nitrogen and oxygen atoms in total. The molecule has 1 aliphatic rings. The van der Waals surface area contributed by atoms with Crippen molar-refractivity contribution in [1.82, 2.24) is 0 Å². The molecule has 1 aromatic carbocycles. The Labute approximate surface area is 101 Å². The molecule has 0 saturated heterocycles. The van der Waals surface area contributed by atoms with Gasteiger partial charge in [-0.15, -0.1) is 0 Å². The van der Waals surface area contributed by atoms with Crippen LogP contribution < -0.4 is 4.74 Å². The lowest BCUT2D eigenvalue weighted by molar-refractivity contribution is -0.137. The summed E-state index contributed by atoms with van der Waals surface area (Å²) >= 11 is 0. The molecule has 0 N–H and O–H groups in total. The largest absolute Gasteiger partial charge is 0.494 e. The van der Waals surface area contributed by atoms with Crippen molar-refractivity contribution in [2.45, 2.75) is 13.1 Å². The van der Waals surface area contributed by atoms with Gasteiger partial charge in [0.15, 0.2) is 5.78 Å². The Bertz CT molecular complexity index is 535. The molecule has 2 rings (SSSR count). The third kappa shape index (κ3) is 1.87. The summed E-state index contributed by atoms with van der Waals surface area (Å²) in [4.78, 5) is 15.8. The van der Waals surface area contributed by atoms with E-state index >= 15 is 0 Å². The number of methoxy groups -OCH3 is 1. The number of hydrogen-bond acceptors (Lipinski definition) is 3. The van der Waals surface area contributed by atoms with Gasteiger partial charge >= 0.3 is 6.18 Å². The quantitative estimate of drug-likeness (QED) is 0.774. The SMILES string of the molecule is COc1ccc(C(F)(F)F)c2c1N=CC(C)C2=O. The van der Waals surface area contributed by atoms with Crippen LogP contribution in [0, 0.1) is 5.92 Å². The minimum atomic E-state index is -4.58. The average molecular weight is 257 g/mol. The fraction of sp³-hybridized carbons (Fsp3) is 0.333. The number of ketones is 1. The maximum absolute atomic E-state index is 12.9. The number of rotatable bonds is 1. The van der Waals surface area contributed by atoms with Crippen molar-refractivity contribution in [1.29, 1.82) is 0 Å². The molecule has 6 heteroatoms. The maximum atomic E-state index is 12.9. The number of Topliss-reactive ketones (excluding diaryl/α,β-unsaturated/α-hetero) is 1. The van der Waals surface area contributed by atoms with Crippen LogP contribution in [0.3, 0.4) is 0 Å². The van der Waals surface area contributed by atoms with E-state index in [0.717, 1.165) is 6.07 Å². The lowest BCUT2D eigenvalue weighted by Crippen LogP contribution is -2.22. The highest BCUT2D eigenvalue weighted by Gasteiger charge is 2.39. The topological polar surface area (TPSA) is 38.7 Å². The van der Waals surface area contributed by atoms with Crippen molar-refractivity contribution >= 4 is 17.7 Å². The molecule has 0 saturated carbocycles. The van der Waals surface area contributed by atoms with E-state index in [-0.39, 0.29) is 11.4 Å². The zero-order chi connectivity index (χ0) is 13.5. The van der Waals surface area contributed by atoms with Crippen LogP contribution in [0.2, 0.25) is 0 Å². The van der Waals surface area contributed by atoms with E-state index in [2.05, 4.69) is 4.99 Å². The Morgan fingerprint density at radius 2 is 2.00 bits per heavy atom. The van der Waals surface area contributed by atoms with Crippen LogP contribution in [0.25, 0.3) is 0 Å². The first-order valence-electron chi connectivity index (χ1n) is 5.23. The highest BCUT2D eigenvalue weighted by molar-refractivity contribution is 6.13. The van der Waals surface area contributed by atoms with Crippen molar-refractivity contribution in [3.63, 3.8) is 0 Å². The number of fused-ring (bicyclic) bond motifs is 1. The van der Waals surface area contributed by atoms with Crippen LogP contribution in [0.5, 0.6) is 5.75 Å². The van der Waals surface area contributed by atoms with Crippen LogP contribution in [0.4, 0.5) is 18.9 Å². The van der Waals surface area contributed by atoms with Gasteiger partial charge in [-0.2, -0.15) is 13.2 Å². The minimum Gasteiger partial charge on any atom is -0.494 e. The molecule has 0 bridgehead atoms. The molecule has 0 fully saturated rings. The predicted molar refractivity (Wildman–Crippen MR) is 59.6 cm³/mol. The monoisotopic (exact) mass is 257 g/mol. The third-order valence-electron chi connectivity index (χ3n) is 2.75. The summed E-state index contributed by atoms with van der Waals surface area (Å²) in [5, 5.41) is 0. The molecule has 96 valence electrons. The Balaban J connectivity index is 2.75. The molecule has 0 amide bonds. The lowest BCUT2D eigenvalue weighted by Gasteiger charge is -2.20. The van der Waals surface area contributed by atoms with Gasteiger partial charge in [0.2, 0.25) is 0 Å². The van der Waals surface area contributed by atoms with E-state index < -0.39 is 29.0 Å². The van der Waals surface area contributed by atoms with Crippen LogP contribution in [-0.2, 0) is 6.18 Å². The fourth-order valence-corrected chi connectivity index (χ4v) is 1.83. The summed E-state index contributed by atoms with van der Waals surface area (Å²) in [6.07, 6.45) is -3.26. The second-order valence-corrected chi connectivity index (χ2v) is 3.97. The third-order valence-corrected chi connectivity index (χ3v) is 2.75. The number of hydrogen-bond donors (Lipinski definition) is 0. The zero-order valence-electron chi connectivity index (χ0n) is 9.71. The van der Waals surface area contributed by atoms with E-state index in [1.165, 1.54) is 26.3 Å². The van der Waals surface area contributed by atoms with E-state index in [4.69, 9.17) is 4.74 Å². The Morgan fingerprint density at radius 3 is 2.56 bits per heavy atom. The van der Waals surface area contributed by atoms with Gasteiger partial charge in [-0.25, -0.2) is 0 Å². The van der Waals surface area contributed by atoms with Crippen molar-refractivity contribution < 1.29 is 22.7 Å². The molecule has 1 unspecified atom stereocenters. The van der Waals surface area contributed by atoms with Crippen LogP contribution in [0.1, 0.15) is 22.8 Å². The number of nitrogens with zero attached hydrogens (tertiary/aromatic N) is 1. The first-order chi connectivity index (χ1) is 8.36.